The van der Waals surface area contributed by atoms with E-state index in [2.05, 4.69) is 15.5 Å². The summed E-state index contributed by atoms with van der Waals surface area (Å²) in [6.45, 7) is 4.15. The number of aryl methyl sites for hydroxylation is 1. The number of para-hydroxylation sites is 1. The van der Waals surface area contributed by atoms with E-state index in [-0.39, 0.29) is 36.3 Å². The Balaban J connectivity index is 1.69. The lowest BCUT2D eigenvalue weighted by Crippen LogP contribution is -2.33. The second-order valence-electron chi connectivity index (χ2n) is 7.63. The van der Waals surface area contributed by atoms with Crippen LogP contribution >= 0.6 is 11.8 Å². The Labute approximate surface area is 188 Å². The Bertz CT molecular complexity index is 1320. The lowest BCUT2D eigenvalue weighted by Gasteiger charge is -2.13. The minimum absolute atomic E-state index is 0.0819. The minimum atomic E-state index is -0.279. The first-order valence-corrected chi connectivity index (χ1v) is 11.5. The van der Waals surface area contributed by atoms with Gasteiger partial charge in [0.25, 0.3) is 5.56 Å². The molecule has 0 bridgehead atoms. The summed E-state index contributed by atoms with van der Waals surface area (Å²) in [6.07, 6.45) is 1.01. The van der Waals surface area contributed by atoms with Gasteiger partial charge in [-0.1, -0.05) is 43.0 Å². The number of hydrogen-bond acceptors (Lipinski definition) is 5. The molecule has 1 amide bonds. The number of nitrogens with zero attached hydrogens (tertiary/aromatic N) is 4. The van der Waals surface area contributed by atoms with Crippen LogP contribution in [-0.4, -0.2) is 31.1 Å². The van der Waals surface area contributed by atoms with E-state index in [1.54, 1.807) is 18.2 Å². The van der Waals surface area contributed by atoms with Gasteiger partial charge in [0.05, 0.1) is 10.9 Å². The summed E-state index contributed by atoms with van der Waals surface area (Å²) in [5.41, 5.74) is 1.46. The molecule has 0 saturated carbocycles. The molecule has 0 spiro atoms. The monoisotopic (exact) mass is 453 g/mol. The predicted molar refractivity (Wildman–Crippen MR) is 123 cm³/mol. The molecule has 7 nitrogen and oxygen atoms in total. The number of benzene rings is 2. The Morgan fingerprint density at radius 3 is 2.66 bits per heavy atom. The van der Waals surface area contributed by atoms with Gasteiger partial charge in [-0.3, -0.25) is 18.6 Å². The van der Waals surface area contributed by atoms with Crippen molar-refractivity contribution in [2.24, 2.45) is 0 Å². The molecule has 0 saturated heterocycles. The van der Waals surface area contributed by atoms with Crippen molar-refractivity contribution >= 4 is 34.3 Å². The van der Waals surface area contributed by atoms with E-state index in [4.69, 9.17) is 0 Å². The standard InChI is InChI=1S/C23H24FN5O2S/c1-3-15(2)25-20(30)12-13-28-21(31)18-6-4-5-7-19(18)29-22(28)26-27-23(29)32-14-16-8-10-17(24)11-9-16/h4-11,15H,3,12-14H2,1-2H3,(H,25,30). The maximum absolute atomic E-state index is 13.2. The van der Waals surface area contributed by atoms with Gasteiger partial charge in [-0.15, -0.1) is 10.2 Å². The molecule has 2 heterocycles. The van der Waals surface area contributed by atoms with Crippen molar-refractivity contribution in [1.82, 2.24) is 24.5 Å². The van der Waals surface area contributed by atoms with Gasteiger partial charge in [0, 0.05) is 24.8 Å². The molecule has 4 rings (SSSR count). The number of aromatic nitrogens is 4. The topological polar surface area (TPSA) is 81.3 Å². The van der Waals surface area contributed by atoms with Gasteiger partial charge in [0.1, 0.15) is 5.82 Å². The summed E-state index contributed by atoms with van der Waals surface area (Å²) < 4.78 is 16.5. The molecule has 0 aliphatic heterocycles. The highest BCUT2D eigenvalue weighted by atomic mass is 32.2. The Morgan fingerprint density at radius 1 is 1.16 bits per heavy atom. The average Bonchev–Trinajstić information content (AvgIpc) is 3.22. The van der Waals surface area contributed by atoms with Gasteiger partial charge >= 0.3 is 0 Å². The van der Waals surface area contributed by atoms with Crippen molar-refractivity contribution < 1.29 is 9.18 Å². The lowest BCUT2D eigenvalue weighted by atomic mass is 10.2. The van der Waals surface area contributed by atoms with Gasteiger partial charge in [-0.05, 0) is 43.2 Å². The van der Waals surface area contributed by atoms with Crippen molar-refractivity contribution in [3.63, 3.8) is 0 Å². The average molecular weight is 454 g/mol. The number of fused-ring (bicyclic) bond motifs is 3. The van der Waals surface area contributed by atoms with Crippen LogP contribution in [0.5, 0.6) is 0 Å². The summed E-state index contributed by atoms with van der Waals surface area (Å²) in [5.74, 6) is 0.583. The van der Waals surface area contributed by atoms with E-state index in [9.17, 15) is 14.0 Å². The minimum Gasteiger partial charge on any atom is -0.354 e. The fraction of sp³-hybridized carbons (Fsp3) is 0.304. The van der Waals surface area contributed by atoms with E-state index in [0.29, 0.717) is 27.6 Å². The zero-order valence-electron chi connectivity index (χ0n) is 17.9. The molecular formula is C23H24FN5O2S. The summed E-state index contributed by atoms with van der Waals surface area (Å²) in [4.78, 5) is 25.4. The number of halogens is 1. The molecular weight excluding hydrogens is 429 g/mol. The van der Waals surface area contributed by atoms with Crippen LogP contribution in [0.4, 0.5) is 4.39 Å². The molecule has 1 N–H and O–H groups in total. The lowest BCUT2D eigenvalue weighted by molar-refractivity contribution is -0.121. The highest BCUT2D eigenvalue weighted by Crippen LogP contribution is 2.24. The van der Waals surface area contributed by atoms with Crippen molar-refractivity contribution in [2.75, 3.05) is 0 Å². The first-order valence-electron chi connectivity index (χ1n) is 10.5. The number of carbonyl (C=O) groups is 1. The molecule has 0 fully saturated rings. The van der Waals surface area contributed by atoms with Gasteiger partial charge in [0.2, 0.25) is 11.7 Å². The van der Waals surface area contributed by atoms with Crippen LogP contribution in [0, 0.1) is 5.82 Å². The van der Waals surface area contributed by atoms with Crippen LogP contribution in [0.2, 0.25) is 0 Å². The maximum atomic E-state index is 13.2. The molecule has 166 valence electrons. The zero-order valence-corrected chi connectivity index (χ0v) is 18.7. The van der Waals surface area contributed by atoms with Gasteiger partial charge in [-0.25, -0.2) is 4.39 Å². The number of rotatable bonds is 8. The second-order valence-corrected chi connectivity index (χ2v) is 8.58. The van der Waals surface area contributed by atoms with E-state index >= 15 is 0 Å². The SMILES string of the molecule is CCC(C)NC(=O)CCn1c(=O)c2ccccc2n2c(SCc3ccc(F)cc3)nnc12. The van der Waals surface area contributed by atoms with Crippen molar-refractivity contribution in [2.45, 2.75) is 50.2 Å². The van der Waals surface area contributed by atoms with E-state index < -0.39 is 0 Å². The van der Waals surface area contributed by atoms with Crippen LogP contribution in [0.25, 0.3) is 16.7 Å². The molecule has 0 aliphatic rings. The number of thioether (sulfide) groups is 1. The van der Waals surface area contributed by atoms with Crippen LogP contribution in [0.1, 0.15) is 32.3 Å². The Hall–Kier alpha value is -3.20. The van der Waals surface area contributed by atoms with E-state index in [1.165, 1.54) is 28.5 Å². The molecule has 0 radical (unpaired) electrons. The van der Waals surface area contributed by atoms with Crippen LogP contribution in [0.3, 0.4) is 0 Å². The third-order valence-electron chi connectivity index (χ3n) is 5.34. The number of carbonyl (C=O) groups excluding carboxylic acids is 1. The largest absolute Gasteiger partial charge is 0.354 e. The molecule has 1 unspecified atom stereocenters. The quantitative estimate of drug-likeness (QED) is 0.411. The van der Waals surface area contributed by atoms with Gasteiger partial charge in [-0.2, -0.15) is 0 Å². The summed E-state index contributed by atoms with van der Waals surface area (Å²) >= 11 is 1.45. The van der Waals surface area contributed by atoms with E-state index in [1.807, 2.05) is 36.4 Å². The predicted octanol–water partition coefficient (Wildman–Crippen LogP) is 3.78. The Morgan fingerprint density at radius 2 is 1.91 bits per heavy atom. The molecule has 2 aromatic carbocycles. The van der Waals surface area contributed by atoms with Crippen LogP contribution < -0.4 is 10.9 Å². The second kappa shape index (κ2) is 9.52. The smallest absolute Gasteiger partial charge is 0.262 e. The van der Waals surface area contributed by atoms with Crippen molar-refractivity contribution in [1.29, 1.82) is 0 Å². The number of nitrogens with one attached hydrogen (secondary N) is 1. The molecule has 4 aromatic rings. The third kappa shape index (κ3) is 4.52. The molecule has 0 aliphatic carbocycles. The highest BCUT2D eigenvalue weighted by Gasteiger charge is 2.17. The fourth-order valence-electron chi connectivity index (χ4n) is 3.42. The molecule has 32 heavy (non-hydrogen) atoms. The third-order valence-corrected chi connectivity index (χ3v) is 6.34. The van der Waals surface area contributed by atoms with Crippen molar-refractivity contribution in [3.05, 3.63) is 70.3 Å². The first-order chi connectivity index (χ1) is 15.5. The summed E-state index contributed by atoms with van der Waals surface area (Å²) in [5, 5.41) is 12.7. The first kappa shape index (κ1) is 22.0. The Kier molecular flexibility index (Phi) is 6.55. The number of amides is 1. The van der Waals surface area contributed by atoms with Crippen molar-refractivity contribution in [3.8, 4) is 0 Å². The van der Waals surface area contributed by atoms with Gasteiger partial charge < -0.3 is 5.32 Å². The summed E-state index contributed by atoms with van der Waals surface area (Å²) in [7, 11) is 0. The zero-order chi connectivity index (χ0) is 22.7. The molecule has 2 aromatic heterocycles. The molecule has 9 heteroatoms. The molecule has 1 atom stereocenters. The van der Waals surface area contributed by atoms with Gasteiger partial charge in [0.15, 0.2) is 5.16 Å². The van der Waals surface area contributed by atoms with E-state index in [0.717, 1.165) is 12.0 Å². The normalized spacial score (nSPS) is 12.3. The van der Waals surface area contributed by atoms with Crippen LogP contribution in [-0.2, 0) is 17.1 Å². The summed E-state index contributed by atoms with van der Waals surface area (Å²) in [6, 6.07) is 13.7. The fourth-order valence-corrected chi connectivity index (χ4v) is 4.32. The highest BCUT2D eigenvalue weighted by molar-refractivity contribution is 7.98. The number of hydrogen-bond donors (Lipinski definition) is 1. The maximum Gasteiger partial charge on any atom is 0.262 e. The van der Waals surface area contributed by atoms with Crippen LogP contribution in [0.15, 0.2) is 58.5 Å².